The first-order chi connectivity index (χ1) is 9.40. The van der Waals surface area contributed by atoms with Crippen molar-refractivity contribution in [3.8, 4) is 0 Å². The fourth-order valence-corrected chi connectivity index (χ4v) is 2.10. The van der Waals surface area contributed by atoms with Gasteiger partial charge in [-0.15, -0.1) is 0 Å². The number of benzene rings is 1. The number of hydrogen-bond donors (Lipinski definition) is 3. The molecule has 0 amide bonds. The highest BCUT2D eigenvalue weighted by Crippen LogP contribution is 2.17. The van der Waals surface area contributed by atoms with E-state index in [1.54, 1.807) is 23.9 Å². The van der Waals surface area contributed by atoms with Crippen LogP contribution in [0, 0.1) is 0 Å². The maximum atomic E-state index is 12.0. The lowest BCUT2D eigenvalue weighted by molar-refractivity contribution is -0.118. The highest BCUT2D eigenvalue weighted by molar-refractivity contribution is 7.98. The van der Waals surface area contributed by atoms with Crippen LogP contribution in [-0.4, -0.2) is 31.0 Å². The molecule has 8 heteroatoms. The number of anilines is 1. The van der Waals surface area contributed by atoms with Crippen LogP contribution < -0.4 is 16.8 Å². The van der Waals surface area contributed by atoms with Crippen molar-refractivity contribution in [1.29, 1.82) is 0 Å². The zero-order valence-corrected chi connectivity index (χ0v) is 11.6. The molecular weight excluding hydrogens is 289 g/mol. The van der Waals surface area contributed by atoms with Gasteiger partial charge in [0.2, 0.25) is 0 Å². The van der Waals surface area contributed by atoms with E-state index in [2.05, 4.69) is 10.3 Å². The minimum atomic E-state index is -4.35. The third-order valence-corrected chi connectivity index (χ3v) is 3.22. The Hall–Kier alpha value is -1.41. The molecule has 1 aromatic rings. The van der Waals surface area contributed by atoms with E-state index in [1.807, 2.05) is 12.1 Å². The van der Waals surface area contributed by atoms with E-state index in [0.717, 1.165) is 17.1 Å². The number of hydrogen-bond acceptors (Lipinski definition) is 3. The number of nitrogens with two attached hydrogens (primary N) is 2. The minimum Gasteiger partial charge on any atom is -0.370 e. The number of rotatable bonds is 6. The molecule has 4 nitrogen and oxygen atoms in total. The van der Waals surface area contributed by atoms with Gasteiger partial charge >= 0.3 is 6.18 Å². The first kappa shape index (κ1) is 16.6. The number of thioether (sulfide) groups is 1. The van der Waals surface area contributed by atoms with E-state index < -0.39 is 12.7 Å². The fraction of sp³-hybridized carbons (Fsp3) is 0.417. The Kier molecular flexibility index (Phi) is 6.66. The normalized spacial score (nSPS) is 12.5. The van der Waals surface area contributed by atoms with E-state index in [-0.39, 0.29) is 5.96 Å². The standard InChI is InChI=1S/C12H17F3N4S/c13-12(14,15)8-18-11(17)19-10-3-1-2-9(6-10)7-20-5-4-16/h1-3,6H,4-5,7-8,16H2,(H3,17,18,19). The van der Waals surface area contributed by atoms with Crippen molar-refractivity contribution in [3.63, 3.8) is 0 Å². The van der Waals surface area contributed by atoms with Gasteiger partial charge in [-0.3, -0.25) is 0 Å². The summed E-state index contributed by atoms with van der Waals surface area (Å²) in [6.45, 7) is -0.683. The number of nitrogens with one attached hydrogen (secondary N) is 1. The molecule has 0 atom stereocenters. The molecular formula is C12H17F3N4S. The van der Waals surface area contributed by atoms with E-state index in [0.29, 0.717) is 12.2 Å². The van der Waals surface area contributed by atoms with E-state index in [9.17, 15) is 13.2 Å². The molecule has 0 aliphatic carbocycles. The van der Waals surface area contributed by atoms with Gasteiger partial charge < -0.3 is 16.8 Å². The highest BCUT2D eigenvalue weighted by Gasteiger charge is 2.26. The van der Waals surface area contributed by atoms with Crippen LogP contribution in [0.5, 0.6) is 0 Å². The summed E-state index contributed by atoms with van der Waals surface area (Å²) in [5.41, 5.74) is 12.5. The molecule has 0 heterocycles. The monoisotopic (exact) mass is 306 g/mol. The SMILES string of the molecule is NCCSCc1cccc(NC(N)=NCC(F)(F)F)c1. The minimum absolute atomic E-state index is 0.255. The summed E-state index contributed by atoms with van der Waals surface area (Å²) in [7, 11) is 0. The molecule has 0 unspecified atom stereocenters. The molecule has 1 rings (SSSR count). The Morgan fingerprint density at radius 1 is 1.35 bits per heavy atom. The summed E-state index contributed by atoms with van der Waals surface area (Å²) >= 11 is 1.68. The fourth-order valence-electron chi connectivity index (χ4n) is 1.37. The van der Waals surface area contributed by atoms with Crippen molar-refractivity contribution in [2.24, 2.45) is 16.5 Å². The van der Waals surface area contributed by atoms with Crippen LogP contribution in [0.4, 0.5) is 18.9 Å². The molecule has 0 spiro atoms. The largest absolute Gasteiger partial charge is 0.408 e. The summed E-state index contributed by atoms with van der Waals surface area (Å²) in [5.74, 6) is 1.38. The smallest absolute Gasteiger partial charge is 0.370 e. The molecule has 20 heavy (non-hydrogen) atoms. The molecule has 0 saturated heterocycles. The summed E-state index contributed by atoms with van der Waals surface area (Å²) < 4.78 is 36.0. The summed E-state index contributed by atoms with van der Waals surface area (Å²) in [5, 5.41) is 2.64. The average molecular weight is 306 g/mol. The molecule has 0 aliphatic heterocycles. The van der Waals surface area contributed by atoms with Gasteiger partial charge in [-0.05, 0) is 17.7 Å². The summed E-state index contributed by atoms with van der Waals surface area (Å²) in [4.78, 5) is 3.23. The van der Waals surface area contributed by atoms with Crippen molar-refractivity contribution >= 4 is 23.4 Å². The number of nitrogens with zero attached hydrogens (tertiary/aromatic N) is 1. The topological polar surface area (TPSA) is 76.4 Å². The van der Waals surface area contributed by atoms with Crippen LogP contribution in [-0.2, 0) is 5.75 Å². The van der Waals surface area contributed by atoms with E-state index in [1.165, 1.54) is 0 Å². The van der Waals surface area contributed by atoms with E-state index >= 15 is 0 Å². The Labute approximate surface area is 119 Å². The van der Waals surface area contributed by atoms with Crippen molar-refractivity contribution in [2.45, 2.75) is 11.9 Å². The number of aliphatic imine (C=N–C) groups is 1. The van der Waals surface area contributed by atoms with Crippen LogP contribution in [0.2, 0.25) is 0 Å². The van der Waals surface area contributed by atoms with Gasteiger partial charge in [0.25, 0.3) is 0 Å². The Morgan fingerprint density at radius 2 is 2.10 bits per heavy atom. The predicted molar refractivity (Wildman–Crippen MR) is 77.8 cm³/mol. The van der Waals surface area contributed by atoms with Gasteiger partial charge in [0.05, 0.1) is 0 Å². The third kappa shape index (κ3) is 7.25. The number of halogens is 3. The lowest BCUT2D eigenvalue weighted by Crippen LogP contribution is -2.25. The average Bonchev–Trinajstić information content (AvgIpc) is 2.36. The molecule has 5 N–H and O–H groups in total. The number of guanidine groups is 1. The van der Waals surface area contributed by atoms with Gasteiger partial charge in [0, 0.05) is 23.7 Å². The second-order valence-corrected chi connectivity index (χ2v) is 5.09. The van der Waals surface area contributed by atoms with Crippen molar-refractivity contribution in [2.75, 3.05) is 24.2 Å². The quantitative estimate of drug-likeness (QED) is 0.428. The molecule has 0 radical (unpaired) electrons. The first-order valence-electron chi connectivity index (χ1n) is 5.91. The van der Waals surface area contributed by atoms with Gasteiger partial charge in [-0.2, -0.15) is 24.9 Å². The second kappa shape index (κ2) is 8.01. The van der Waals surface area contributed by atoms with Crippen molar-refractivity contribution < 1.29 is 13.2 Å². The second-order valence-electron chi connectivity index (χ2n) is 3.98. The van der Waals surface area contributed by atoms with Crippen molar-refractivity contribution in [1.82, 2.24) is 0 Å². The van der Waals surface area contributed by atoms with Gasteiger partial charge in [0.15, 0.2) is 5.96 Å². The van der Waals surface area contributed by atoms with Gasteiger partial charge in [-0.25, -0.2) is 4.99 Å². The van der Waals surface area contributed by atoms with Gasteiger partial charge in [0.1, 0.15) is 6.54 Å². The highest BCUT2D eigenvalue weighted by atomic mass is 32.2. The van der Waals surface area contributed by atoms with Crippen LogP contribution in [0.15, 0.2) is 29.3 Å². The van der Waals surface area contributed by atoms with Crippen LogP contribution in [0.3, 0.4) is 0 Å². The molecule has 0 fully saturated rings. The van der Waals surface area contributed by atoms with Crippen LogP contribution >= 0.6 is 11.8 Å². The molecule has 0 saturated carbocycles. The Balaban J connectivity index is 2.57. The molecule has 0 aromatic heterocycles. The maximum Gasteiger partial charge on any atom is 0.408 e. The van der Waals surface area contributed by atoms with E-state index in [4.69, 9.17) is 11.5 Å². The van der Waals surface area contributed by atoms with Gasteiger partial charge in [-0.1, -0.05) is 12.1 Å². The lowest BCUT2D eigenvalue weighted by Gasteiger charge is -2.08. The lowest BCUT2D eigenvalue weighted by atomic mass is 10.2. The Bertz CT molecular complexity index is 449. The number of alkyl halides is 3. The predicted octanol–water partition coefficient (Wildman–Crippen LogP) is 2.17. The summed E-state index contributed by atoms with van der Waals surface area (Å²) in [6.07, 6.45) is -4.35. The Morgan fingerprint density at radius 3 is 2.75 bits per heavy atom. The molecule has 0 aliphatic rings. The van der Waals surface area contributed by atoms with Crippen LogP contribution in [0.25, 0.3) is 0 Å². The maximum absolute atomic E-state index is 12.0. The first-order valence-corrected chi connectivity index (χ1v) is 7.06. The summed E-state index contributed by atoms with van der Waals surface area (Å²) in [6, 6.07) is 7.27. The molecule has 112 valence electrons. The third-order valence-electron chi connectivity index (χ3n) is 2.16. The van der Waals surface area contributed by atoms with Crippen molar-refractivity contribution in [3.05, 3.63) is 29.8 Å². The molecule has 1 aromatic carbocycles. The van der Waals surface area contributed by atoms with Crippen LogP contribution in [0.1, 0.15) is 5.56 Å². The zero-order valence-electron chi connectivity index (χ0n) is 10.8. The zero-order chi connectivity index (χ0) is 15.0. The molecule has 0 bridgehead atoms.